The van der Waals surface area contributed by atoms with Crippen LogP contribution in [0.2, 0.25) is 0 Å². The van der Waals surface area contributed by atoms with E-state index in [9.17, 15) is 0 Å². The standard InChI is InChI=1S/C7H13BrO/c1-6(8)7-2-4-9-5-3-7/h6-7H,2-5H2,1H3. The second-order valence-electron chi connectivity index (χ2n) is 2.63. The Morgan fingerprint density at radius 3 is 2.33 bits per heavy atom. The third-order valence-corrected chi connectivity index (χ3v) is 2.66. The summed E-state index contributed by atoms with van der Waals surface area (Å²) in [4.78, 5) is 0.668. The molecule has 1 heterocycles. The van der Waals surface area contributed by atoms with Gasteiger partial charge in [0.1, 0.15) is 0 Å². The van der Waals surface area contributed by atoms with Crippen LogP contribution < -0.4 is 0 Å². The van der Waals surface area contributed by atoms with E-state index in [1.165, 1.54) is 12.8 Å². The molecule has 0 spiro atoms. The van der Waals surface area contributed by atoms with E-state index in [-0.39, 0.29) is 0 Å². The van der Waals surface area contributed by atoms with E-state index in [1.807, 2.05) is 0 Å². The molecule has 1 saturated heterocycles. The summed E-state index contributed by atoms with van der Waals surface area (Å²) in [6, 6.07) is 0. The summed E-state index contributed by atoms with van der Waals surface area (Å²) in [5, 5.41) is 0. The first kappa shape index (κ1) is 7.55. The minimum absolute atomic E-state index is 0.668. The monoisotopic (exact) mass is 192 g/mol. The van der Waals surface area contributed by atoms with Crippen LogP contribution in [-0.4, -0.2) is 18.0 Å². The summed E-state index contributed by atoms with van der Waals surface area (Å²) in [5.41, 5.74) is 0. The molecule has 1 atom stereocenters. The molecule has 1 nitrogen and oxygen atoms in total. The lowest BCUT2D eigenvalue weighted by atomic mass is 9.98. The molecule has 2 heteroatoms. The average Bonchev–Trinajstić information content (AvgIpc) is 1.90. The Hall–Kier alpha value is 0.440. The predicted octanol–water partition coefficient (Wildman–Crippen LogP) is 2.20. The second kappa shape index (κ2) is 3.57. The fourth-order valence-corrected chi connectivity index (χ4v) is 1.70. The highest BCUT2D eigenvalue weighted by molar-refractivity contribution is 9.09. The topological polar surface area (TPSA) is 9.23 Å². The molecule has 1 unspecified atom stereocenters. The highest BCUT2D eigenvalue weighted by atomic mass is 79.9. The van der Waals surface area contributed by atoms with Crippen molar-refractivity contribution in [3.8, 4) is 0 Å². The SMILES string of the molecule is CC(Br)C1CCOCC1. The molecule has 9 heavy (non-hydrogen) atoms. The third-order valence-electron chi connectivity index (χ3n) is 1.92. The van der Waals surface area contributed by atoms with E-state index >= 15 is 0 Å². The van der Waals surface area contributed by atoms with Crippen molar-refractivity contribution in [1.82, 2.24) is 0 Å². The van der Waals surface area contributed by atoms with Crippen LogP contribution in [0, 0.1) is 5.92 Å². The van der Waals surface area contributed by atoms with E-state index in [0.717, 1.165) is 19.1 Å². The Bertz CT molecular complexity index is 77.0. The lowest BCUT2D eigenvalue weighted by Gasteiger charge is -2.23. The van der Waals surface area contributed by atoms with Crippen molar-refractivity contribution in [1.29, 1.82) is 0 Å². The second-order valence-corrected chi connectivity index (χ2v) is 4.07. The Morgan fingerprint density at radius 1 is 1.44 bits per heavy atom. The summed E-state index contributed by atoms with van der Waals surface area (Å²) < 4.78 is 5.23. The number of halogens is 1. The minimum Gasteiger partial charge on any atom is -0.381 e. The zero-order valence-corrected chi connectivity index (χ0v) is 7.36. The molecule has 0 N–H and O–H groups in total. The fraction of sp³-hybridized carbons (Fsp3) is 1.00. The van der Waals surface area contributed by atoms with Crippen LogP contribution in [0.4, 0.5) is 0 Å². The lowest BCUT2D eigenvalue weighted by molar-refractivity contribution is 0.0674. The zero-order valence-electron chi connectivity index (χ0n) is 5.77. The van der Waals surface area contributed by atoms with E-state index in [1.54, 1.807) is 0 Å². The van der Waals surface area contributed by atoms with Gasteiger partial charge in [0, 0.05) is 18.0 Å². The van der Waals surface area contributed by atoms with Crippen molar-refractivity contribution < 1.29 is 4.74 Å². The van der Waals surface area contributed by atoms with Gasteiger partial charge in [-0.1, -0.05) is 22.9 Å². The van der Waals surface area contributed by atoms with Crippen molar-refractivity contribution in [2.24, 2.45) is 5.92 Å². The Kier molecular flexibility index (Phi) is 2.99. The van der Waals surface area contributed by atoms with E-state index < -0.39 is 0 Å². The fourth-order valence-electron chi connectivity index (χ4n) is 1.18. The molecule has 0 bridgehead atoms. The summed E-state index contributed by atoms with van der Waals surface area (Å²) >= 11 is 3.58. The molecule has 0 aromatic carbocycles. The van der Waals surface area contributed by atoms with Crippen LogP contribution in [0.5, 0.6) is 0 Å². The van der Waals surface area contributed by atoms with Gasteiger partial charge in [-0.05, 0) is 18.8 Å². The number of ether oxygens (including phenoxy) is 1. The molecule has 0 aliphatic carbocycles. The summed E-state index contributed by atoms with van der Waals surface area (Å²) in [7, 11) is 0. The van der Waals surface area contributed by atoms with E-state index in [2.05, 4.69) is 22.9 Å². The van der Waals surface area contributed by atoms with Crippen LogP contribution in [0.25, 0.3) is 0 Å². The molecule has 1 aliphatic rings. The number of hydrogen-bond donors (Lipinski definition) is 0. The van der Waals surface area contributed by atoms with Gasteiger partial charge in [-0.25, -0.2) is 0 Å². The third kappa shape index (κ3) is 2.26. The van der Waals surface area contributed by atoms with E-state index in [0.29, 0.717) is 4.83 Å². The molecular weight excluding hydrogens is 180 g/mol. The van der Waals surface area contributed by atoms with Crippen LogP contribution in [0.3, 0.4) is 0 Å². The summed E-state index contributed by atoms with van der Waals surface area (Å²) in [5.74, 6) is 0.846. The zero-order chi connectivity index (χ0) is 6.69. The maximum Gasteiger partial charge on any atom is 0.0469 e. The molecule has 0 aromatic rings. The Morgan fingerprint density at radius 2 is 2.00 bits per heavy atom. The van der Waals surface area contributed by atoms with Crippen LogP contribution in [0.1, 0.15) is 19.8 Å². The summed E-state index contributed by atoms with van der Waals surface area (Å²) in [6.45, 7) is 4.14. The number of rotatable bonds is 1. The molecule has 1 rings (SSSR count). The van der Waals surface area contributed by atoms with Gasteiger partial charge in [0.2, 0.25) is 0 Å². The first-order valence-corrected chi connectivity index (χ1v) is 4.44. The molecule has 1 fully saturated rings. The largest absolute Gasteiger partial charge is 0.381 e. The van der Waals surface area contributed by atoms with Crippen molar-refractivity contribution >= 4 is 15.9 Å². The molecule has 0 saturated carbocycles. The van der Waals surface area contributed by atoms with Crippen LogP contribution in [-0.2, 0) is 4.74 Å². The predicted molar refractivity (Wildman–Crippen MR) is 41.9 cm³/mol. The van der Waals surface area contributed by atoms with Crippen molar-refractivity contribution in [2.45, 2.75) is 24.6 Å². The number of hydrogen-bond acceptors (Lipinski definition) is 1. The Balaban J connectivity index is 2.23. The van der Waals surface area contributed by atoms with Crippen LogP contribution in [0.15, 0.2) is 0 Å². The first-order chi connectivity index (χ1) is 4.30. The van der Waals surface area contributed by atoms with Gasteiger partial charge in [0.15, 0.2) is 0 Å². The number of alkyl halides is 1. The lowest BCUT2D eigenvalue weighted by Crippen LogP contribution is -2.21. The molecule has 0 amide bonds. The first-order valence-electron chi connectivity index (χ1n) is 3.52. The van der Waals surface area contributed by atoms with Crippen molar-refractivity contribution in [3.05, 3.63) is 0 Å². The van der Waals surface area contributed by atoms with E-state index in [4.69, 9.17) is 4.74 Å². The van der Waals surface area contributed by atoms with Crippen molar-refractivity contribution in [2.75, 3.05) is 13.2 Å². The molecule has 1 aliphatic heterocycles. The van der Waals surface area contributed by atoms with Gasteiger partial charge in [-0.3, -0.25) is 0 Å². The van der Waals surface area contributed by atoms with Gasteiger partial charge in [-0.2, -0.15) is 0 Å². The molecule has 54 valence electrons. The Labute approximate surface area is 64.9 Å². The quantitative estimate of drug-likeness (QED) is 0.580. The van der Waals surface area contributed by atoms with Gasteiger partial charge in [-0.15, -0.1) is 0 Å². The van der Waals surface area contributed by atoms with Crippen molar-refractivity contribution in [3.63, 3.8) is 0 Å². The summed E-state index contributed by atoms with van der Waals surface area (Å²) in [6.07, 6.45) is 2.46. The van der Waals surface area contributed by atoms with Gasteiger partial charge in [0.25, 0.3) is 0 Å². The van der Waals surface area contributed by atoms with Gasteiger partial charge >= 0.3 is 0 Å². The maximum atomic E-state index is 5.23. The molecular formula is C7H13BrO. The van der Waals surface area contributed by atoms with Gasteiger partial charge < -0.3 is 4.74 Å². The normalized spacial score (nSPS) is 26.0. The molecule has 0 radical (unpaired) electrons. The maximum absolute atomic E-state index is 5.23. The average molecular weight is 193 g/mol. The minimum atomic E-state index is 0.668. The smallest absolute Gasteiger partial charge is 0.0469 e. The molecule has 0 aromatic heterocycles. The van der Waals surface area contributed by atoms with Crippen LogP contribution >= 0.6 is 15.9 Å². The van der Waals surface area contributed by atoms with Gasteiger partial charge in [0.05, 0.1) is 0 Å². The highest BCUT2D eigenvalue weighted by Gasteiger charge is 2.17. The highest BCUT2D eigenvalue weighted by Crippen LogP contribution is 2.23.